The van der Waals surface area contributed by atoms with Crippen molar-refractivity contribution in [1.29, 1.82) is 0 Å². The molecule has 148 valence electrons. The van der Waals surface area contributed by atoms with Crippen LogP contribution in [0, 0.1) is 13.8 Å². The number of rotatable bonds is 3. The van der Waals surface area contributed by atoms with E-state index in [1.165, 1.54) is 53.6 Å². The highest BCUT2D eigenvalue weighted by Gasteiger charge is 2.11. The summed E-state index contributed by atoms with van der Waals surface area (Å²) >= 11 is 1.87. The van der Waals surface area contributed by atoms with Crippen molar-refractivity contribution in [3.05, 3.63) is 89.6 Å². The van der Waals surface area contributed by atoms with Crippen LogP contribution in [0.2, 0.25) is 0 Å². The molecule has 2 heterocycles. The number of hydrogen-bond acceptors (Lipinski definition) is 2. The average Bonchev–Trinajstić information content (AvgIpc) is 3.11. The van der Waals surface area contributed by atoms with Crippen LogP contribution in [0.5, 0.6) is 0 Å². The number of benzene rings is 3. The lowest BCUT2D eigenvalue weighted by Crippen LogP contribution is -1.90. The zero-order valence-corrected chi connectivity index (χ0v) is 18.7. The van der Waals surface area contributed by atoms with E-state index >= 15 is 0 Å². The third kappa shape index (κ3) is 3.22. The third-order valence-corrected chi connectivity index (χ3v) is 7.12. The first kappa shape index (κ1) is 19.0. The molecule has 1 nitrogen and oxygen atoms in total. The average molecular weight is 408 g/mol. The molecule has 0 aliphatic carbocycles. The summed E-state index contributed by atoms with van der Waals surface area (Å²) in [5.74, 6) is 0.501. The molecule has 0 N–H and O–H groups in total. The van der Waals surface area contributed by atoms with Gasteiger partial charge in [0.05, 0.1) is 5.69 Å². The van der Waals surface area contributed by atoms with Crippen LogP contribution in [-0.2, 0) is 0 Å². The fraction of sp³-hybridized carbons (Fsp3) is 0.179. The molecule has 2 aromatic heterocycles. The highest BCUT2D eigenvalue weighted by atomic mass is 32.1. The molecule has 0 aliphatic rings. The Labute approximate surface area is 182 Å². The minimum atomic E-state index is 0.501. The van der Waals surface area contributed by atoms with Gasteiger partial charge in [0.25, 0.3) is 0 Å². The van der Waals surface area contributed by atoms with Gasteiger partial charge in [-0.2, -0.15) is 0 Å². The number of aryl methyl sites for hydroxylation is 2. The van der Waals surface area contributed by atoms with E-state index < -0.39 is 0 Å². The molecule has 0 aliphatic heterocycles. The predicted molar refractivity (Wildman–Crippen MR) is 132 cm³/mol. The molecule has 0 unspecified atom stereocenters. The number of aromatic nitrogens is 1. The molecule has 0 saturated carbocycles. The smallest absolute Gasteiger partial charge is 0.0705 e. The lowest BCUT2D eigenvalue weighted by atomic mass is 9.95. The van der Waals surface area contributed by atoms with Gasteiger partial charge >= 0.3 is 0 Å². The van der Waals surface area contributed by atoms with Gasteiger partial charge in [-0.1, -0.05) is 50.2 Å². The summed E-state index contributed by atoms with van der Waals surface area (Å²) in [5, 5.41) is 2.64. The second-order valence-electron chi connectivity index (χ2n) is 8.42. The van der Waals surface area contributed by atoms with Crippen LogP contribution in [0.25, 0.3) is 42.6 Å². The van der Waals surface area contributed by atoms with E-state index in [1.807, 2.05) is 17.5 Å². The van der Waals surface area contributed by atoms with Crippen LogP contribution in [0.15, 0.2) is 72.9 Å². The lowest BCUT2D eigenvalue weighted by molar-refractivity contribution is 0.864. The van der Waals surface area contributed by atoms with Crippen LogP contribution in [0.1, 0.15) is 36.5 Å². The first-order chi connectivity index (χ1) is 14.5. The van der Waals surface area contributed by atoms with Gasteiger partial charge in [-0.05, 0) is 77.9 Å². The van der Waals surface area contributed by atoms with Crippen LogP contribution in [-0.4, -0.2) is 4.98 Å². The van der Waals surface area contributed by atoms with Crippen molar-refractivity contribution < 1.29 is 0 Å². The van der Waals surface area contributed by atoms with Crippen LogP contribution >= 0.6 is 11.3 Å². The molecular formula is C28H25NS. The summed E-state index contributed by atoms with van der Waals surface area (Å²) in [5.41, 5.74) is 8.87. The third-order valence-electron chi connectivity index (χ3n) is 5.99. The molecule has 5 rings (SSSR count). The van der Waals surface area contributed by atoms with Gasteiger partial charge in [-0.15, -0.1) is 11.3 Å². The van der Waals surface area contributed by atoms with Crippen molar-refractivity contribution in [2.45, 2.75) is 33.6 Å². The topological polar surface area (TPSA) is 12.9 Å². The van der Waals surface area contributed by atoms with Crippen molar-refractivity contribution in [1.82, 2.24) is 4.98 Å². The Morgan fingerprint density at radius 3 is 2.27 bits per heavy atom. The van der Waals surface area contributed by atoms with Crippen molar-refractivity contribution in [3.63, 3.8) is 0 Å². The maximum Gasteiger partial charge on any atom is 0.0705 e. The van der Waals surface area contributed by atoms with Gasteiger partial charge in [0.2, 0.25) is 0 Å². The number of pyridine rings is 1. The fourth-order valence-electron chi connectivity index (χ4n) is 4.33. The molecule has 0 spiro atoms. The SMILES string of the molecule is Cc1cccc(C)c1-c1ccc2c(c1)sc1ccc(-c3cc(C(C)C)ccn3)cc12. The maximum absolute atomic E-state index is 4.64. The van der Waals surface area contributed by atoms with Gasteiger partial charge in [0.1, 0.15) is 0 Å². The Morgan fingerprint density at radius 1 is 0.733 bits per heavy atom. The molecule has 0 amide bonds. The number of thiophene rings is 1. The van der Waals surface area contributed by atoms with Crippen molar-refractivity contribution in [3.8, 4) is 22.4 Å². The molecular weight excluding hydrogens is 382 g/mol. The molecule has 2 heteroatoms. The summed E-state index contributed by atoms with van der Waals surface area (Å²) in [6.45, 7) is 8.84. The standard InChI is InChI=1S/C28H25NS/c1-17(2)20-12-13-29-25(15-20)21-9-11-26-24(14-21)23-10-8-22(16-27(23)30-26)28-18(3)6-5-7-19(28)4/h5-17H,1-4H3. The second kappa shape index (κ2) is 7.37. The van der Waals surface area contributed by atoms with Crippen molar-refractivity contribution in [2.75, 3.05) is 0 Å². The maximum atomic E-state index is 4.64. The highest BCUT2D eigenvalue weighted by molar-refractivity contribution is 7.25. The number of nitrogens with zero attached hydrogens (tertiary/aromatic N) is 1. The van der Waals surface area contributed by atoms with Gasteiger partial charge in [0.15, 0.2) is 0 Å². The van der Waals surface area contributed by atoms with E-state index in [-0.39, 0.29) is 0 Å². The van der Waals surface area contributed by atoms with Gasteiger partial charge in [0, 0.05) is 31.9 Å². The summed E-state index contributed by atoms with van der Waals surface area (Å²) in [6.07, 6.45) is 1.93. The molecule has 0 fully saturated rings. The molecule has 3 aromatic carbocycles. The molecule has 0 radical (unpaired) electrons. The zero-order valence-electron chi connectivity index (χ0n) is 17.9. The molecule has 0 atom stereocenters. The largest absolute Gasteiger partial charge is 0.256 e. The first-order valence-electron chi connectivity index (χ1n) is 10.5. The normalized spacial score (nSPS) is 11.6. The summed E-state index contributed by atoms with van der Waals surface area (Å²) in [4.78, 5) is 4.64. The first-order valence-corrected chi connectivity index (χ1v) is 11.3. The van der Waals surface area contributed by atoms with E-state index in [2.05, 4.69) is 99.4 Å². The minimum Gasteiger partial charge on any atom is -0.256 e. The van der Waals surface area contributed by atoms with Crippen molar-refractivity contribution in [2.24, 2.45) is 0 Å². The molecule has 30 heavy (non-hydrogen) atoms. The molecule has 0 bridgehead atoms. The Bertz CT molecular complexity index is 1370. The molecule has 0 saturated heterocycles. The van der Waals surface area contributed by atoms with E-state index in [9.17, 15) is 0 Å². The number of hydrogen-bond donors (Lipinski definition) is 0. The summed E-state index contributed by atoms with van der Waals surface area (Å²) in [6, 6.07) is 24.5. The Morgan fingerprint density at radius 2 is 1.50 bits per heavy atom. The quantitative estimate of drug-likeness (QED) is 0.292. The predicted octanol–water partition coefficient (Wildman–Crippen LogP) is 8.52. The van der Waals surface area contributed by atoms with Crippen LogP contribution in [0.4, 0.5) is 0 Å². The van der Waals surface area contributed by atoms with Gasteiger partial charge in [-0.25, -0.2) is 0 Å². The van der Waals surface area contributed by atoms with E-state index in [1.54, 1.807) is 0 Å². The second-order valence-corrected chi connectivity index (χ2v) is 9.50. The van der Waals surface area contributed by atoms with E-state index in [0.29, 0.717) is 5.92 Å². The van der Waals surface area contributed by atoms with Crippen LogP contribution < -0.4 is 0 Å². The lowest BCUT2D eigenvalue weighted by Gasteiger charge is -2.10. The van der Waals surface area contributed by atoms with Crippen molar-refractivity contribution >= 4 is 31.5 Å². The Balaban J connectivity index is 1.65. The van der Waals surface area contributed by atoms with Gasteiger partial charge in [-0.3, -0.25) is 4.98 Å². The number of fused-ring (bicyclic) bond motifs is 3. The van der Waals surface area contributed by atoms with E-state index in [4.69, 9.17) is 0 Å². The zero-order chi connectivity index (χ0) is 20.8. The van der Waals surface area contributed by atoms with E-state index in [0.717, 1.165) is 5.69 Å². The van der Waals surface area contributed by atoms with Crippen LogP contribution in [0.3, 0.4) is 0 Å². The summed E-state index contributed by atoms with van der Waals surface area (Å²) in [7, 11) is 0. The Hall–Kier alpha value is -2.97. The minimum absolute atomic E-state index is 0.501. The highest BCUT2D eigenvalue weighted by Crippen LogP contribution is 2.39. The van der Waals surface area contributed by atoms with Gasteiger partial charge < -0.3 is 0 Å². The summed E-state index contributed by atoms with van der Waals surface area (Å²) < 4.78 is 2.67. The Kier molecular flexibility index (Phi) is 4.67. The fourth-order valence-corrected chi connectivity index (χ4v) is 5.45. The molecule has 5 aromatic rings. The monoisotopic (exact) mass is 407 g/mol.